The minimum absolute atomic E-state index is 0.0806. The summed E-state index contributed by atoms with van der Waals surface area (Å²) >= 11 is 0. The average molecular weight is 185 g/mol. The lowest BCUT2D eigenvalue weighted by atomic mass is 9.66. The third-order valence-electron chi connectivity index (χ3n) is 3.60. The van der Waals surface area contributed by atoms with Crippen molar-refractivity contribution in [3.63, 3.8) is 0 Å². The predicted molar refractivity (Wildman–Crippen MR) is 46.3 cm³/mol. The van der Waals surface area contributed by atoms with Gasteiger partial charge in [-0.2, -0.15) is 0 Å². The number of carbonyl (C=O) groups is 1. The fraction of sp³-hybridized carbons (Fsp3) is 0.889. The van der Waals surface area contributed by atoms with Crippen LogP contribution >= 0.6 is 0 Å². The van der Waals surface area contributed by atoms with Crippen LogP contribution in [-0.4, -0.2) is 29.8 Å². The highest BCUT2D eigenvalue weighted by molar-refractivity contribution is 5.77. The summed E-state index contributed by atoms with van der Waals surface area (Å²) in [5.74, 6) is -0.808. The first-order valence-electron chi connectivity index (χ1n) is 4.70. The van der Waals surface area contributed by atoms with E-state index in [4.69, 9.17) is 15.6 Å². The van der Waals surface area contributed by atoms with E-state index in [9.17, 15) is 4.79 Å². The Morgan fingerprint density at radius 2 is 2.00 bits per heavy atom. The number of carboxylic acid groups (broad SMARTS) is 1. The average Bonchev–Trinajstić information content (AvgIpc) is 2.20. The zero-order valence-electron chi connectivity index (χ0n) is 7.58. The Kier molecular flexibility index (Phi) is 1.85. The molecular weight excluding hydrogens is 170 g/mol. The summed E-state index contributed by atoms with van der Waals surface area (Å²) in [5, 5.41) is 9.01. The summed E-state index contributed by atoms with van der Waals surface area (Å²) in [6.07, 6.45) is 3.05. The summed E-state index contributed by atoms with van der Waals surface area (Å²) in [7, 11) is 0. The SMILES string of the molecule is NCC12CCC(C(=O)O)(CC1)OC2. The van der Waals surface area contributed by atoms with Crippen molar-refractivity contribution in [1.29, 1.82) is 0 Å². The molecule has 3 aliphatic rings. The number of hydrogen-bond acceptors (Lipinski definition) is 3. The van der Waals surface area contributed by atoms with Crippen LogP contribution in [-0.2, 0) is 9.53 Å². The quantitative estimate of drug-likeness (QED) is 0.651. The topological polar surface area (TPSA) is 72.6 Å². The fourth-order valence-electron chi connectivity index (χ4n) is 2.30. The Morgan fingerprint density at radius 3 is 2.31 bits per heavy atom. The fourth-order valence-corrected chi connectivity index (χ4v) is 2.30. The molecule has 0 radical (unpaired) electrons. The van der Waals surface area contributed by atoms with Crippen molar-refractivity contribution in [1.82, 2.24) is 0 Å². The molecule has 74 valence electrons. The van der Waals surface area contributed by atoms with Gasteiger partial charge in [0.05, 0.1) is 6.61 Å². The second kappa shape index (κ2) is 2.69. The number of nitrogens with two attached hydrogens (primary N) is 1. The van der Waals surface area contributed by atoms with Crippen molar-refractivity contribution in [2.75, 3.05) is 13.2 Å². The first kappa shape index (κ1) is 8.97. The second-order valence-electron chi connectivity index (χ2n) is 4.29. The Bertz CT molecular complexity index is 214. The van der Waals surface area contributed by atoms with Gasteiger partial charge in [0.2, 0.25) is 0 Å². The lowest BCUT2D eigenvalue weighted by Gasteiger charge is -2.50. The van der Waals surface area contributed by atoms with Crippen LogP contribution in [0, 0.1) is 5.41 Å². The monoisotopic (exact) mass is 185 g/mol. The van der Waals surface area contributed by atoms with Gasteiger partial charge >= 0.3 is 5.97 Å². The molecule has 0 amide bonds. The maximum atomic E-state index is 11.0. The van der Waals surface area contributed by atoms with E-state index in [0.29, 0.717) is 26.0 Å². The third-order valence-corrected chi connectivity index (χ3v) is 3.60. The van der Waals surface area contributed by atoms with Gasteiger partial charge in [0, 0.05) is 12.0 Å². The highest BCUT2D eigenvalue weighted by atomic mass is 16.5. The zero-order valence-corrected chi connectivity index (χ0v) is 7.58. The second-order valence-corrected chi connectivity index (χ2v) is 4.29. The third kappa shape index (κ3) is 1.16. The lowest BCUT2D eigenvalue weighted by Crippen LogP contribution is -2.57. The van der Waals surface area contributed by atoms with Crippen molar-refractivity contribution >= 4 is 5.97 Å². The van der Waals surface area contributed by atoms with Crippen molar-refractivity contribution in [2.45, 2.75) is 31.3 Å². The molecule has 3 rings (SSSR count). The Morgan fingerprint density at radius 1 is 1.38 bits per heavy atom. The van der Waals surface area contributed by atoms with E-state index < -0.39 is 11.6 Å². The molecule has 2 heterocycles. The van der Waals surface area contributed by atoms with Crippen molar-refractivity contribution in [3.8, 4) is 0 Å². The molecular formula is C9H15NO3. The molecule has 3 fully saturated rings. The van der Waals surface area contributed by atoms with Crippen LogP contribution in [0.25, 0.3) is 0 Å². The molecule has 2 aliphatic heterocycles. The maximum Gasteiger partial charge on any atom is 0.335 e. The molecule has 0 spiro atoms. The highest BCUT2D eigenvalue weighted by Crippen LogP contribution is 2.48. The van der Waals surface area contributed by atoms with Gasteiger partial charge in [0.25, 0.3) is 0 Å². The molecule has 4 heteroatoms. The minimum Gasteiger partial charge on any atom is -0.479 e. The molecule has 0 atom stereocenters. The van der Waals surface area contributed by atoms with Gasteiger partial charge in [-0.3, -0.25) is 0 Å². The van der Waals surface area contributed by atoms with Crippen molar-refractivity contribution < 1.29 is 14.6 Å². The zero-order chi connectivity index (χ0) is 9.53. The van der Waals surface area contributed by atoms with Crippen molar-refractivity contribution in [3.05, 3.63) is 0 Å². The van der Waals surface area contributed by atoms with Crippen LogP contribution in [0.4, 0.5) is 0 Å². The number of carboxylic acids is 1. The molecule has 1 aliphatic carbocycles. The molecule has 4 nitrogen and oxygen atoms in total. The van der Waals surface area contributed by atoms with Crippen LogP contribution in [0.2, 0.25) is 0 Å². The van der Waals surface area contributed by atoms with Crippen LogP contribution < -0.4 is 5.73 Å². The van der Waals surface area contributed by atoms with E-state index in [0.717, 1.165) is 12.8 Å². The minimum atomic E-state index is -0.878. The van der Waals surface area contributed by atoms with Gasteiger partial charge < -0.3 is 15.6 Å². The molecule has 1 saturated carbocycles. The summed E-state index contributed by atoms with van der Waals surface area (Å²) in [6.45, 7) is 1.14. The maximum absolute atomic E-state index is 11.0. The van der Waals surface area contributed by atoms with E-state index in [1.165, 1.54) is 0 Å². The van der Waals surface area contributed by atoms with Crippen molar-refractivity contribution in [2.24, 2.45) is 11.1 Å². The van der Waals surface area contributed by atoms with E-state index in [1.54, 1.807) is 0 Å². The molecule has 3 N–H and O–H groups in total. The van der Waals surface area contributed by atoms with Gasteiger partial charge in [0.1, 0.15) is 0 Å². The molecule has 2 bridgehead atoms. The van der Waals surface area contributed by atoms with Gasteiger partial charge in [0.15, 0.2) is 5.60 Å². The number of rotatable bonds is 2. The lowest BCUT2D eigenvalue weighted by molar-refractivity contribution is -0.205. The standard InChI is InChI=1S/C9H15NO3/c10-5-8-1-3-9(4-2-8,7(11)12)13-6-8/h1-6,10H2,(H,11,12). The molecule has 0 aromatic heterocycles. The first-order valence-corrected chi connectivity index (χ1v) is 4.70. The summed E-state index contributed by atoms with van der Waals surface area (Å²) in [6, 6.07) is 0. The van der Waals surface area contributed by atoms with Crippen LogP contribution in [0.1, 0.15) is 25.7 Å². The Balaban J connectivity index is 2.16. The highest BCUT2D eigenvalue weighted by Gasteiger charge is 2.53. The number of ether oxygens (including phenoxy) is 1. The van der Waals surface area contributed by atoms with E-state index in [1.807, 2.05) is 0 Å². The molecule has 0 unspecified atom stereocenters. The number of hydrogen-bond donors (Lipinski definition) is 2. The normalized spacial score (nSPS) is 43.5. The Hall–Kier alpha value is -0.610. The smallest absolute Gasteiger partial charge is 0.335 e. The number of fused-ring (bicyclic) bond motifs is 3. The van der Waals surface area contributed by atoms with E-state index >= 15 is 0 Å². The summed E-state index contributed by atoms with van der Waals surface area (Å²) < 4.78 is 5.44. The first-order chi connectivity index (χ1) is 6.13. The largest absolute Gasteiger partial charge is 0.479 e. The molecule has 0 aromatic carbocycles. The van der Waals surface area contributed by atoms with Crippen LogP contribution in [0.3, 0.4) is 0 Å². The van der Waals surface area contributed by atoms with Gasteiger partial charge in [-0.1, -0.05) is 0 Å². The molecule has 0 aromatic rings. The van der Waals surface area contributed by atoms with Crippen LogP contribution in [0.5, 0.6) is 0 Å². The summed E-state index contributed by atoms with van der Waals surface area (Å²) in [5.41, 5.74) is 4.87. The molecule has 13 heavy (non-hydrogen) atoms. The number of aliphatic carboxylic acids is 1. The molecule has 2 saturated heterocycles. The predicted octanol–water partition coefficient (Wildman–Crippen LogP) is 0.359. The van der Waals surface area contributed by atoms with Crippen LogP contribution in [0.15, 0.2) is 0 Å². The van der Waals surface area contributed by atoms with Gasteiger partial charge in [-0.05, 0) is 25.7 Å². The Labute approximate surface area is 77.1 Å². The summed E-state index contributed by atoms with van der Waals surface area (Å²) in [4.78, 5) is 11.0. The van der Waals surface area contributed by atoms with E-state index in [-0.39, 0.29) is 5.41 Å². The van der Waals surface area contributed by atoms with E-state index in [2.05, 4.69) is 0 Å². The van der Waals surface area contributed by atoms with Gasteiger partial charge in [-0.15, -0.1) is 0 Å². The van der Waals surface area contributed by atoms with Gasteiger partial charge in [-0.25, -0.2) is 4.79 Å².